The van der Waals surface area contributed by atoms with Gasteiger partial charge in [0.1, 0.15) is 18.1 Å². The fourth-order valence-electron chi connectivity index (χ4n) is 2.12. The lowest BCUT2D eigenvalue weighted by Crippen LogP contribution is -2.47. The van der Waals surface area contributed by atoms with E-state index in [1.54, 1.807) is 0 Å². The van der Waals surface area contributed by atoms with Gasteiger partial charge < -0.3 is 25.6 Å². The Kier molecular flexibility index (Phi) is 8.44. The van der Waals surface area contributed by atoms with E-state index >= 15 is 0 Å². The Balaban J connectivity index is 2.69. The van der Waals surface area contributed by atoms with Crippen molar-refractivity contribution >= 4 is 23.8 Å². The van der Waals surface area contributed by atoms with E-state index in [0.29, 0.717) is 5.82 Å². The number of nitrogens with two attached hydrogens (primary N) is 1. The van der Waals surface area contributed by atoms with Gasteiger partial charge in [-0.05, 0) is 30.2 Å². The van der Waals surface area contributed by atoms with Gasteiger partial charge in [-0.25, -0.2) is 9.48 Å². The van der Waals surface area contributed by atoms with E-state index in [0.717, 1.165) is 0 Å². The first-order valence-corrected chi connectivity index (χ1v) is 8.32. The predicted molar refractivity (Wildman–Crippen MR) is 91.6 cm³/mol. The number of aromatic nitrogens is 4. The number of carboxylic acid groups (broad SMARTS) is 1. The van der Waals surface area contributed by atoms with E-state index in [9.17, 15) is 19.2 Å². The number of rotatable bonds is 11. The van der Waals surface area contributed by atoms with Crippen LogP contribution in [-0.2, 0) is 41.6 Å². The SMILES string of the molecule is COC(=O)Cn1nnnc1CC[C@H](NC(=O)CC[C@](C)(N)C(=O)O)C(=O)OC. The van der Waals surface area contributed by atoms with Crippen LogP contribution in [0.3, 0.4) is 0 Å². The number of hydrogen-bond donors (Lipinski definition) is 3. The average molecular weight is 400 g/mol. The second kappa shape index (κ2) is 10.3. The smallest absolute Gasteiger partial charge is 0.328 e. The summed E-state index contributed by atoms with van der Waals surface area (Å²) in [4.78, 5) is 46.4. The molecule has 156 valence electrons. The molecule has 0 aliphatic carbocycles. The highest BCUT2D eigenvalue weighted by Crippen LogP contribution is 2.10. The van der Waals surface area contributed by atoms with Crippen LogP contribution in [-0.4, -0.2) is 74.9 Å². The van der Waals surface area contributed by atoms with Crippen molar-refractivity contribution in [1.29, 1.82) is 0 Å². The molecule has 28 heavy (non-hydrogen) atoms. The number of tetrazole rings is 1. The molecule has 2 atom stereocenters. The minimum Gasteiger partial charge on any atom is -0.480 e. The van der Waals surface area contributed by atoms with Crippen LogP contribution >= 0.6 is 0 Å². The largest absolute Gasteiger partial charge is 0.480 e. The summed E-state index contributed by atoms with van der Waals surface area (Å²) >= 11 is 0. The molecule has 1 aromatic rings. The van der Waals surface area contributed by atoms with Crippen molar-refractivity contribution in [3.8, 4) is 0 Å². The average Bonchev–Trinajstić information content (AvgIpc) is 3.09. The molecular weight excluding hydrogens is 376 g/mol. The lowest BCUT2D eigenvalue weighted by Gasteiger charge is -2.20. The number of aliphatic carboxylic acids is 1. The minimum absolute atomic E-state index is 0.0960. The quantitative estimate of drug-likeness (QED) is 0.349. The molecule has 1 aromatic heterocycles. The molecule has 4 N–H and O–H groups in total. The molecular formula is C15H24N6O7. The van der Waals surface area contributed by atoms with E-state index in [1.807, 2.05) is 0 Å². The van der Waals surface area contributed by atoms with Crippen LogP contribution in [0.1, 0.15) is 32.0 Å². The first-order valence-electron chi connectivity index (χ1n) is 8.32. The zero-order chi connectivity index (χ0) is 21.3. The van der Waals surface area contributed by atoms with Crippen molar-refractivity contribution < 1.29 is 33.8 Å². The minimum atomic E-state index is -1.56. The van der Waals surface area contributed by atoms with Crippen LogP contribution in [0.25, 0.3) is 0 Å². The summed E-state index contributed by atoms with van der Waals surface area (Å²) in [7, 11) is 2.40. The molecule has 0 saturated carbocycles. The zero-order valence-electron chi connectivity index (χ0n) is 15.9. The van der Waals surface area contributed by atoms with Crippen LogP contribution in [0.15, 0.2) is 0 Å². The van der Waals surface area contributed by atoms with Gasteiger partial charge in [-0.2, -0.15) is 0 Å². The maximum atomic E-state index is 12.1. The van der Waals surface area contributed by atoms with Gasteiger partial charge in [-0.1, -0.05) is 0 Å². The summed E-state index contributed by atoms with van der Waals surface area (Å²) in [6.07, 6.45) is -0.0428. The van der Waals surface area contributed by atoms with E-state index in [1.165, 1.54) is 25.8 Å². The lowest BCUT2D eigenvalue weighted by molar-refractivity contribution is -0.146. The van der Waals surface area contributed by atoms with Crippen molar-refractivity contribution in [1.82, 2.24) is 25.5 Å². The monoisotopic (exact) mass is 400 g/mol. The summed E-state index contributed by atoms with van der Waals surface area (Å²) in [6.45, 7) is 1.10. The van der Waals surface area contributed by atoms with Gasteiger partial charge in [0, 0.05) is 12.8 Å². The van der Waals surface area contributed by atoms with Gasteiger partial charge in [-0.3, -0.25) is 14.4 Å². The number of nitrogens with one attached hydrogen (secondary N) is 1. The number of carboxylic acids is 1. The Bertz CT molecular complexity index is 717. The number of esters is 2. The van der Waals surface area contributed by atoms with Gasteiger partial charge in [-0.15, -0.1) is 5.10 Å². The van der Waals surface area contributed by atoms with E-state index in [2.05, 4.69) is 30.3 Å². The lowest BCUT2D eigenvalue weighted by atomic mass is 9.97. The van der Waals surface area contributed by atoms with Gasteiger partial charge in [0.05, 0.1) is 14.2 Å². The molecule has 1 rings (SSSR count). The molecule has 13 heteroatoms. The maximum Gasteiger partial charge on any atom is 0.328 e. The molecule has 0 aliphatic heterocycles. The topological polar surface area (TPSA) is 189 Å². The van der Waals surface area contributed by atoms with Crippen molar-refractivity contribution in [2.45, 2.75) is 50.7 Å². The Hall–Kier alpha value is -3.09. The van der Waals surface area contributed by atoms with Gasteiger partial charge in [0.25, 0.3) is 0 Å². The van der Waals surface area contributed by atoms with E-state index in [-0.39, 0.29) is 32.2 Å². The molecule has 1 amide bonds. The summed E-state index contributed by atoms with van der Waals surface area (Å²) < 4.78 is 10.4. The van der Waals surface area contributed by atoms with Gasteiger partial charge in [0.2, 0.25) is 5.91 Å². The third-order valence-electron chi connectivity index (χ3n) is 3.95. The summed E-state index contributed by atoms with van der Waals surface area (Å²) in [5, 5.41) is 22.4. The number of carbonyl (C=O) groups is 4. The maximum absolute atomic E-state index is 12.1. The molecule has 0 bridgehead atoms. The fourth-order valence-corrected chi connectivity index (χ4v) is 2.12. The Morgan fingerprint density at radius 2 is 1.96 bits per heavy atom. The Morgan fingerprint density at radius 1 is 1.29 bits per heavy atom. The van der Waals surface area contributed by atoms with Crippen LogP contribution in [0.5, 0.6) is 0 Å². The molecule has 0 aliphatic rings. The third-order valence-corrected chi connectivity index (χ3v) is 3.95. The summed E-state index contributed by atoms with van der Waals surface area (Å²) in [5.41, 5.74) is 4.02. The third kappa shape index (κ3) is 6.90. The molecule has 0 aromatic carbocycles. The van der Waals surface area contributed by atoms with Crippen molar-refractivity contribution in [2.24, 2.45) is 5.73 Å². The number of hydrogen-bond acceptors (Lipinski definition) is 10. The second-order valence-corrected chi connectivity index (χ2v) is 6.23. The number of carbonyl (C=O) groups excluding carboxylic acids is 3. The highest BCUT2D eigenvalue weighted by Gasteiger charge is 2.29. The molecule has 1 heterocycles. The first kappa shape index (κ1) is 23.0. The summed E-state index contributed by atoms with van der Waals surface area (Å²) in [5.74, 6) is -2.71. The van der Waals surface area contributed by atoms with E-state index < -0.39 is 35.4 Å². The first-order chi connectivity index (χ1) is 13.1. The van der Waals surface area contributed by atoms with Crippen LogP contribution in [0.4, 0.5) is 0 Å². The molecule has 0 saturated heterocycles. The molecule has 13 nitrogen and oxygen atoms in total. The molecule has 0 unspecified atom stereocenters. The predicted octanol–water partition coefficient (Wildman–Crippen LogP) is -1.98. The number of amides is 1. The Morgan fingerprint density at radius 3 is 2.54 bits per heavy atom. The molecule has 0 fully saturated rings. The Labute approximate surface area is 160 Å². The standard InChI is InChI=1S/C15H24N6O7/c1-15(16,14(25)26)7-6-11(22)17-9(13(24)28-3)4-5-10-18-19-20-21(10)8-12(23)27-2/h9H,4-8,16H2,1-3H3,(H,17,22)(H,25,26)/t9-,15-/m0/s1. The highest BCUT2D eigenvalue weighted by molar-refractivity contribution is 5.85. The number of methoxy groups -OCH3 is 2. The van der Waals surface area contributed by atoms with Crippen molar-refractivity contribution in [2.75, 3.05) is 14.2 Å². The fraction of sp³-hybridized carbons (Fsp3) is 0.667. The normalized spacial score (nSPS) is 13.9. The second-order valence-electron chi connectivity index (χ2n) is 6.23. The zero-order valence-corrected chi connectivity index (χ0v) is 15.9. The molecule has 0 radical (unpaired) electrons. The number of aryl methyl sites for hydroxylation is 1. The van der Waals surface area contributed by atoms with E-state index in [4.69, 9.17) is 10.8 Å². The van der Waals surface area contributed by atoms with Crippen molar-refractivity contribution in [3.63, 3.8) is 0 Å². The van der Waals surface area contributed by atoms with Crippen LogP contribution in [0, 0.1) is 0 Å². The molecule has 0 spiro atoms. The van der Waals surface area contributed by atoms with Crippen molar-refractivity contribution in [3.05, 3.63) is 5.82 Å². The van der Waals surface area contributed by atoms with Gasteiger partial charge >= 0.3 is 17.9 Å². The van der Waals surface area contributed by atoms with Crippen LogP contribution < -0.4 is 11.1 Å². The number of ether oxygens (including phenoxy) is 2. The highest BCUT2D eigenvalue weighted by atomic mass is 16.5. The van der Waals surface area contributed by atoms with Crippen LogP contribution in [0.2, 0.25) is 0 Å². The summed E-state index contributed by atoms with van der Waals surface area (Å²) in [6, 6.07) is -1.00. The number of nitrogens with zero attached hydrogens (tertiary/aromatic N) is 4. The van der Waals surface area contributed by atoms with Gasteiger partial charge in [0.15, 0.2) is 5.82 Å².